The van der Waals surface area contributed by atoms with Gasteiger partial charge in [-0.2, -0.15) is 0 Å². The molecule has 1 aromatic rings. The van der Waals surface area contributed by atoms with Gasteiger partial charge in [0.2, 0.25) is 0 Å². The van der Waals surface area contributed by atoms with Crippen LogP contribution in [-0.2, 0) is 11.2 Å². The number of ether oxygens (including phenoxy) is 1. The van der Waals surface area contributed by atoms with Crippen molar-refractivity contribution in [1.82, 2.24) is 0 Å². The largest absolute Gasteiger partial charge is 0.492 e. The molecule has 1 aliphatic rings. The summed E-state index contributed by atoms with van der Waals surface area (Å²) >= 11 is 0. The molecular weight excluding hydrogens is 180 g/mol. The van der Waals surface area contributed by atoms with Crippen LogP contribution in [0.5, 0.6) is 5.75 Å². The molecule has 0 aromatic heterocycles. The molecule has 0 saturated carbocycles. The lowest BCUT2D eigenvalue weighted by Gasteiger charge is -2.23. The lowest BCUT2D eigenvalue weighted by molar-refractivity contribution is -0.143. The lowest BCUT2D eigenvalue weighted by atomic mass is 9.95. The Morgan fingerprint density at radius 1 is 1.57 bits per heavy atom. The zero-order valence-electron chi connectivity index (χ0n) is 7.99. The Hall–Kier alpha value is -1.51. The minimum absolute atomic E-state index is 0.285. The summed E-state index contributed by atoms with van der Waals surface area (Å²) < 4.78 is 5.45. The third-order valence-corrected chi connectivity index (χ3v) is 2.54. The van der Waals surface area contributed by atoms with Crippen molar-refractivity contribution in [3.8, 4) is 5.75 Å². The molecule has 2 rings (SSSR count). The fraction of sp³-hybridized carbons (Fsp3) is 0.364. The van der Waals surface area contributed by atoms with Crippen LogP contribution in [0.2, 0.25) is 0 Å². The minimum atomic E-state index is -0.780. The van der Waals surface area contributed by atoms with Crippen molar-refractivity contribution in [2.75, 3.05) is 6.61 Å². The molecule has 0 saturated heterocycles. The summed E-state index contributed by atoms with van der Waals surface area (Å²) in [4.78, 5) is 10.8. The number of rotatable bonds is 1. The molecule has 0 amide bonds. The van der Waals surface area contributed by atoms with Crippen LogP contribution in [0.4, 0.5) is 0 Å². The van der Waals surface area contributed by atoms with Crippen molar-refractivity contribution in [2.24, 2.45) is 5.92 Å². The van der Waals surface area contributed by atoms with Crippen molar-refractivity contribution in [3.63, 3.8) is 0 Å². The second kappa shape index (κ2) is 3.33. The molecule has 1 N–H and O–H groups in total. The van der Waals surface area contributed by atoms with Crippen LogP contribution in [-0.4, -0.2) is 17.7 Å². The van der Waals surface area contributed by atoms with Crippen LogP contribution < -0.4 is 4.74 Å². The van der Waals surface area contributed by atoms with Gasteiger partial charge in [0.25, 0.3) is 0 Å². The quantitative estimate of drug-likeness (QED) is 0.735. The normalized spacial score (nSPS) is 19.6. The smallest absolute Gasteiger partial charge is 0.310 e. The molecule has 1 atom stereocenters. The van der Waals surface area contributed by atoms with E-state index in [-0.39, 0.29) is 6.61 Å². The molecule has 0 fully saturated rings. The number of carboxylic acid groups (broad SMARTS) is 1. The fourth-order valence-electron chi connectivity index (χ4n) is 1.75. The number of carbonyl (C=O) groups is 1. The van der Waals surface area contributed by atoms with Gasteiger partial charge in [0.15, 0.2) is 0 Å². The maximum Gasteiger partial charge on any atom is 0.310 e. The molecule has 1 aromatic carbocycles. The SMILES string of the molecule is Cc1cccc2c1OCC(C(=O)O)C2. The first-order chi connectivity index (χ1) is 6.68. The predicted molar refractivity (Wildman–Crippen MR) is 51.5 cm³/mol. The van der Waals surface area contributed by atoms with Crippen molar-refractivity contribution >= 4 is 5.97 Å². The second-order valence-electron chi connectivity index (χ2n) is 3.61. The molecule has 0 radical (unpaired) electrons. The van der Waals surface area contributed by atoms with Crippen LogP contribution in [0.3, 0.4) is 0 Å². The first-order valence-electron chi connectivity index (χ1n) is 4.62. The first kappa shape index (κ1) is 9.06. The standard InChI is InChI=1S/C11H12O3/c1-7-3-2-4-8-5-9(11(12)13)6-14-10(7)8/h2-4,9H,5-6H2,1H3,(H,12,13). The summed E-state index contributed by atoms with van der Waals surface area (Å²) in [5, 5.41) is 8.85. The highest BCUT2D eigenvalue weighted by atomic mass is 16.5. The number of para-hydroxylation sites is 1. The monoisotopic (exact) mass is 192 g/mol. The number of fused-ring (bicyclic) bond motifs is 1. The molecule has 3 heteroatoms. The van der Waals surface area contributed by atoms with E-state index < -0.39 is 11.9 Å². The van der Waals surface area contributed by atoms with Gasteiger partial charge in [-0.25, -0.2) is 0 Å². The number of hydrogen-bond donors (Lipinski definition) is 1. The summed E-state index contributed by atoms with van der Waals surface area (Å²) in [7, 11) is 0. The lowest BCUT2D eigenvalue weighted by Crippen LogP contribution is -2.28. The van der Waals surface area contributed by atoms with Crippen LogP contribution in [0, 0.1) is 12.8 Å². The van der Waals surface area contributed by atoms with Gasteiger partial charge in [0.1, 0.15) is 12.4 Å². The summed E-state index contributed by atoms with van der Waals surface area (Å²) in [6, 6.07) is 5.83. The van der Waals surface area contributed by atoms with Gasteiger partial charge in [-0.1, -0.05) is 18.2 Å². The van der Waals surface area contributed by atoms with Crippen LogP contribution in [0.15, 0.2) is 18.2 Å². The Morgan fingerprint density at radius 3 is 3.07 bits per heavy atom. The van der Waals surface area contributed by atoms with E-state index in [4.69, 9.17) is 9.84 Å². The highest BCUT2D eigenvalue weighted by Crippen LogP contribution is 2.30. The van der Waals surface area contributed by atoms with E-state index >= 15 is 0 Å². The molecule has 14 heavy (non-hydrogen) atoms. The number of aliphatic carboxylic acids is 1. The number of hydrogen-bond acceptors (Lipinski definition) is 2. The molecule has 0 spiro atoms. The van der Waals surface area contributed by atoms with Gasteiger partial charge in [-0.3, -0.25) is 4.79 Å². The molecule has 3 nitrogen and oxygen atoms in total. The summed E-state index contributed by atoms with van der Waals surface area (Å²) in [6.45, 7) is 2.26. The van der Waals surface area contributed by atoms with E-state index in [1.807, 2.05) is 25.1 Å². The molecular formula is C11H12O3. The molecule has 1 unspecified atom stereocenters. The summed E-state index contributed by atoms with van der Waals surface area (Å²) in [5.74, 6) is -0.313. The highest BCUT2D eigenvalue weighted by molar-refractivity contribution is 5.71. The topological polar surface area (TPSA) is 46.5 Å². The molecule has 1 heterocycles. The molecule has 0 aliphatic carbocycles. The predicted octanol–water partition coefficient (Wildman–Crippen LogP) is 1.63. The number of benzene rings is 1. The van der Waals surface area contributed by atoms with E-state index in [9.17, 15) is 4.79 Å². The van der Waals surface area contributed by atoms with E-state index in [1.54, 1.807) is 0 Å². The summed E-state index contributed by atoms with van der Waals surface area (Å²) in [6.07, 6.45) is 0.576. The third kappa shape index (κ3) is 1.45. The zero-order valence-corrected chi connectivity index (χ0v) is 7.99. The molecule has 74 valence electrons. The van der Waals surface area contributed by atoms with Gasteiger partial charge in [0.05, 0.1) is 5.92 Å². The van der Waals surface area contributed by atoms with E-state index in [1.165, 1.54) is 0 Å². The average molecular weight is 192 g/mol. The van der Waals surface area contributed by atoms with Crippen molar-refractivity contribution in [1.29, 1.82) is 0 Å². The Bertz CT molecular complexity index is 371. The fourth-order valence-corrected chi connectivity index (χ4v) is 1.75. The Morgan fingerprint density at radius 2 is 2.36 bits per heavy atom. The van der Waals surface area contributed by atoms with Gasteiger partial charge in [-0.05, 0) is 24.5 Å². The Balaban J connectivity index is 2.31. The van der Waals surface area contributed by atoms with Crippen LogP contribution >= 0.6 is 0 Å². The van der Waals surface area contributed by atoms with Crippen LogP contribution in [0.1, 0.15) is 11.1 Å². The maximum absolute atomic E-state index is 10.8. The molecule has 1 aliphatic heterocycles. The van der Waals surface area contributed by atoms with Crippen molar-refractivity contribution in [2.45, 2.75) is 13.3 Å². The number of aryl methyl sites for hydroxylation is 1. The Labute approximate surface area is 82.3 Å². The minimum Gasteiger partial charge on any atom is -0.492 e. The zero-order chi connectivity index (χ0) is 10.1. The third-order valence-electron chi connectivity index (χ3n) is 2.54. The summed E-state index contributed by atoms with van der Waals surface area (Å²) in [5.41, 5.74) is 2.08. The van der Waals surface area contributed by atoms with E-state index in [0.717, 1.165) is 16.9 Å². The second-order valence-corrected chi connectivity index (χ2v) is 3.61. The van der Waals surface area contributed by atoms with Gasteiger partial charge >= 0.3 is 5.97 Å². The Kier molecular flexibility index (Phi) is 2.15. The highest BCUT2D eigenvalue weighted by Gasteiger charge is 2.25. The van der Waals surface area contributed by atoms with Crippen molar-refractivity contribution < 1.29 is 14.6 Å². The van der Waals surface area contributed by atoms with Gasteiger partial charge in [-0.15, -0.1) is 0 Å². The van der Waals surface area contributed by atoms with Crippen molar-refractivity contribution in [3.05, 3.63) is 29.3 Å². The van der Waals surface area contributed by atoms with Gasteiger partial charge in [0, 0.05) is 0 Å². The van der Waals surface area contributed by atoms with E-state index in [0.29, 0.717) is 6.42 Å². The van der Waals surface area contributed by atoms with E-state index in [2.05, 4.69) is 0 Å². The number of carboxylic acids is 1. The maximum atomic E-state index is 10.8. The molecule has 0 bridgehead atoms. The average Bonchev–Trinajstić information content (AvgIpc) is 2.17. The van der Waals surface area contributed by atoms with Crippen LogP contribution in [0.25, 0.3) is 0 Å². The van der Waals surface area contributed by atoms with Gasteiger partial charge < -0.3 is 9.84 Å². The first-order valence-corrected chi connectivity index (χ1v) is 4.62.